The van der Waals surface area contributed by atoms with Gasteiger partial charge in [0.2, 0.25) is 0 Å². The van der Waals surface area contributed by atoms with E-state index in [1.54, 1.807) is 12.1 Å². The van der Waals surface area contributed by atoms with E-state index < -0.39 is 33.7 Å². The maximum absolute atomic E-state index is 14.3. The van der Waals surface area contributed by atoms with Crippen LogP contribution in [-0.4, -0.2) is 37.2 Å². The minimum absolute atomic E-state index is 0.00754. The first-order valence-corrected chi connectivity index (χ1v) is 13.1. The smallest absolute Gasteiger partial charge is 0.152 e. The van der Waals surface area contributed by atoms with Crippen LogP contribution in [0.1, 0.15) is 43.0 Å². The Bertz CT molecular complexity index is 1110. The molecule has 2 aromatic carbocycles. The van der Waals surface area contributed by atoms with Crippen molar-refractivity contribution in [3.05, 3.63) is 77.1 Å². The molecule has 1 saturated heterocycles. The highest BCUT2D eigenvalue weighted by Gasteiger charge is 2.39. The van der Waals surface area contributed by atoms with Crippen LogP contribution < -0.4 is 11.1 Å². The summed E-state index contributed by atoms with van der Waals surface area (Å²) in [6, 6.07) is 10.7. The molecule has 1 aliphatic rings. The number of sulfone groups is 1. The molecular weight excluding hydrogens is 439 g/mol. The Morgan fingerprint density at radius 2 is 1.94 bits per heavy atom. The molecule has 7 heteroatoms. The molecule has 1 fully saturated rings. The van der Waals surface area contributed by atoms with Crippen molar-refractivity contribution in [1.29, 1.82) is 0 Å². The van der Waals surface area contributed by atoms with Crippen molar-refractivity contribution in [3.8, 4) is 0 Å². The number of allylic oxidation sites excluding steroid dienone is 1. The quantitative estimate of drug-likeness (QED) is 0.422. The first-order chi connectivity index (χ1) is 15.4. The fraction of sp³-hybridized carbons (Fsp3) is 0.462. The second kappa shape index (κ2) is 9.95. The summed E-state index contributed by atoms with van der Waals surface area (Å²) in [5.41, 5.74) is 9.36. The Balaban J connectivity index is 1.76. The largest absolute Gasteiger partial charge is 0.396 e. The molecule has 2 aromatic rings. The molecular formula is C26H35FN2O3S. The normalized spacial score (nSPS) is 22.8. The number of hydrogen-bond acceptors (Lipinski definition) is 5. The number of nitrogens with one attached hydrogen (secondary N) is 1. The predicted molar refractivity (Wildman–Crippen MR) is 132 cm³/mol. The lowest BCUT2D eigenvalue weighted by Crippen LogP contribution is -2.54. The van der Waals surface area contributed by atoms with Gasteiger partial charge in [-0.15, -0.1) is 6.58 Å². The van der Waals surface area contributed by atoms with E-state index in [2.05, 4.69) is 44.8 Å². The Morgan fingerprint density at radius 3 is 2.61 bits per heavy atom. The number of aliphatic hydroxyl groups is 1. The van der Waals surface area contributed by atoms with Crippen molar-refractivity contribution in [3.63, 3.8) is 0 Å². The van der Waals surface area contributed by atoms with E-state index >= 15 is 0 Å². The fourth-order valence-electron chi connectivity index (χ4n) is 4.43. The van der Waals surface area contributed by atoms with Crippen LogP contribution >= 0.6 is 0 Å². The van der Waals surface area contributed by atoms with E-state index in [1.165, 1.54) is 11.6 Å². The van der Waals surface area contributed by atoms with Gasteiger partial charge < -0.3 is 16.2 Å². The summed E-state index contributed by atoms with van der Waals surface area (Å²) < 4.78 is 39.6. The monoisotopic (exact) mass is 474 g/mol. The second-order valence-corrected chi connectivity index (χ2v) is 12.3. The van der Waals surface area contributed by atoms with Crippen LogP contribution in [0.15, 0.2) is 49.1 Å². The van der Waals surface area contributed by atoms with Crippen molar-refractivity contribution in [2.45, 2.75) is 57.7 Å². The SMILES string of the molecule is C=CCc1cc(C[C@@H]2CS(=O)(=O)C[C@H](NCc3cccc(C(C)(C)C)c3)[C@H]2O)cc(F)c1N. The molecule has 1 aliphatic heterocycles. The first-order valence-electron chi connectivity index (χ1n) is 11.3. The van der Waals surface area contributed by atoms with Gasteiger partial charge in [-0.3, -0.25) is 0 Å². The summed E-state index contributed by atoms with van der Waals surface area (Å²) >= 11 is 0. The fourth-order valence-corrected chi connectivity index (χ4v) is 6.40. The molecule has 0 unspecified atom stereocenters. The van der Waals surface area contributed by atoms with E-state index in [0.29, 0.717) is 24.1 Å². The highest BCUT2D eigenvalue weighted by Crippen LogP contribution is 2.28. The zero-order chi connectivity index (χ0) is 24.4. The minimum Gasteiger partial charge on any atom is -0.396 e. The zero-order valence-corrected chi connectivity index (χ0v) is 20.5. The Morgan fingerprint density at radius 1 is 1.21 bits per heavy atom. The maximum atomic E-state index is 14.3. The molecule has 4 N–H and O–H groups in total. The van der Waals surface area contributed by atoms with Crippen molar-refractivity contribution >= 4 is 15.5 Å². The van der Waals surface area contributed by atoms with Gasteiger partial charge >= 0.3 is 0 Å². The summed E-state index contributed by atoms with van der Waals surface area (Å²) in [6.07, 6.45) is 1.44. The molecule has 5 nitrogen and oxygen atoms in total. The number of benzene rings is 2. The molecule has 0 amide bonds. The number of nitrogens with two attached hydrogens (primary N) is 1. The maximum Gasteiger partial charge on any atom is 0.152 e. The Hall–Kier alpha value is -2.22. The van der Waals surface area contributed by atoms with Crippen LogP contribution in [0.2, 0.25) is 0 Å². The van der Waals surface area contributed by atoms with Gasteiger partial charge in [-0.2, -0.15) is 0 Å². The lowest BCUT2D eigenvalue weighted by Gasteiger charge is -2.35. The molecule has 33 heavy (non-hydrogen) atoms. The molecule has 3 atom stereocenters. The highest BCUT2D eigenvalue weighted by molar-refractivity contribution is 7.91. The van der Waals surface area contributed by atoms with Gasteiger partial charge in [0.15, 0.2) is 9.84 Å². The number of anilines is 1. The third-order valence-electron chi connectivity index (χ3n) is 6.30. The summed E-state index contributed by atoms with van der Waals surface area (Å²) in [5.74, 6) is -1.33. The van der Waals surface area contributed by atoms with E-state index in [0.717, 1.165) is 5.56 Å². The standard InChI is InChI=1S/C26H35FN2O3S/c1-5-7-19-10-18(13-22(27)24(19)28)11-20-15-33(31,32)16-23(25(20)30)29-14-17-8-6-9-21(12-17)26(2,3)4/h5-6,8-10,12-13,20,23,25,29-30H,1,7,11,14-16,28H2,2-4H3/t20-,23+,25+/m1/s1. The molecule has 0 aromatic heterocycles. The molecule has 0 aliphatic carbocycles. The predicted octanol–water partition coefficient (Wildman–Crippen LogP) is 3.54. The van der Waals surface area contributed by atoms with Gasteiger partial charge in [0.05, 0.1) is 23.3 Å². The lowest BCUT2D eigenvalue weighted by atomic mass is 9.86. The van der Waals surface area contributed by atoms with Gasteiger partial charge in [-0.1, -0.05) is 57.2 Å². The topological polar surface area (TPSA) is 92.4 Å². The summed E-state index contributed by atoms with van der Waals surface area (Å²) in [5, 5.41) is 14.3. The van der Waals surface area contributed by atoms with Gasteiger partial charge in [-0.05, 0) is 46.6 Å². The molecule has 1 heterocycles. The van der Waals surface area contributed by atoms with E-state index in [1.807, 2.05) is 12.1 Å². The van der Waals surface area contributed by atoms with Crippen LogP contribution in [0.25, 0.3) is 0 Å². The molecule has 0 radical (unpaired) electrons. The summed E-state index contributed by atoms with van der Waals surface area (Å²) in [4.78, 5) is 0. The Labute approximate surface area is 196 Å². The Kier molecular flexibility index (Phi) is 7.66. The number of hydrogen-bond donors (Lipinski definition) is 3. The van der Waals surface area contributed by atoms with Crippen molar-refractivity contribution in [2.75, 3.05) is 17.2 Å². The van der Waals surface area contributed by atoms with E-state index in [4.69, 9.17) is 5.73 Å². The lowest BCUT2D eigenvalue weighted by molar-refractivity contribution is 0.0780. The summed E-state index contributed by atoms with van der Waals surface area (Å²) in [7, 11) is -3.37. The van der Waals surface area contributed by atoms with E-state index in [-0.39, 0.29) is 29.0 Å². The molecule has 3 rings (SSSR count). The highest BCUT2D eigenvalue weighted by atomic mass is 32.2. The molecule has 180 valence electrons. The minimum atomic E-state index is -3.37. The van der Waals surface area contributed by atoms with Crippen molar-refractivity contribution < 1.29 is 17.9 Å². The van der Waals surface area contributed by atoms with E-state index in [9.17, 15) is 17.9 Å². The third kappa shape index (κ3) is 6.43. The van der Waals surface area contributed by atoms with Gasteiger partial charge in [0.25, 0.3) is 0 Å². The second-order valence-electron chi connectivity index (χ2n) is 10.1. The average molecular weight is 475 g/mol. The van der Waals surface area contributed by atoms with Crippen LogP contribution in [0.3, 0.4) is 0 Å². The van der Waals surface area contributed by atoms with Crippen LogP contribution in [0, 0.1) is 11.7 Å². The summed E-state index contributed by atoms with van der Waals surface area (Å²) in [6.45, 7) is 10.5. The number of nitrogen functional groups attached to an aromatic ring is 1. The van der Waals surface area contributed by atoms with Crippen molar-refractivity contribution in [1.82, 2.24) is 5.32 Å². The molecule has 0 bridgehead atoms. The van der Waals surface area contributed by atoms with Crippen molar-refractivity contribution in [2.24, 2.45) is 5.92 Å². The van der Waals surface area contributed by atoms with Crippen LogP contribution in [0.4, 0.5) is 10.1 Å². The number of aliphatic hydroxyl groups excluding tert-OH is 1. The zero-order valence-electron chi connectivity index (χ0n) is 19.6. The van der Waals surface area contributed by atoms with Crippen LogP contribution in [0.5, 0.6) is 0 Å². The third-order valence-corrected chi connectivity index (χ3v) is 8.10. The number of rotatable bonds is 7. The van der Waals surface area contributed by atoms with Crippen LogP contribution in [-0.2, 0) is 34.6 Å². The first kappa shape index (κ1) is 25.4. The van der Waals surface area contributed by atoms with Gasteiger partial charge in [0, 0.05) is 18.5 Å². The average Bonchev–Trinajstić information content (AvgIpc) is 2.72. The molecule has 0 saturated carbocycles. The van der Waals surface area contributed by atoms with Gasteiger partial charge in [-0.25, -0.2) is 12.8 Å². The molecule has 0 spiro atoms. The number of halogens is 1. The van der Waals surface area contributed by atoms with Gasteiger partial charge in [0.1, 0.15) is 5.82 Å².